The molecule has 1 heterocycles. The van der Waals surface area contributed by atoms with Crippen LogP contribution in [0.15, 0.2) is 24.3 Å². The fraction of sp³-hybridized carbons (Fsp3) is 0.611. The van der Waals surface area contributed by atoms with E-state index >= 15 is 0 Å². The van der Waals surface area contributed by atoms with Gasteiger partial charge in [0.25, 0.3) is 0 Å². The van der Waals surface area contributed by atoms with Crippen LogP contribution < -0.4 is 5.32 Å². The van der Waals surface area contributed by atoms with E-state index in [-0.39, 0.29) is 18.3 Å². The number of benzene rings is 1. The zero-order chi connectivity index (χ0) is 15.5. The number of likely N-dealkylation sites (N-methyl/N-ethyl adjacent to an activating group) is 1. The number of carbonyl (C=O) groups excluding carboxylic acids is 1. The van der Waals surface area contributed by atoms with Crippen molar-refractivity contribution in [3.63, 3.8) is 0 Å². The Morgan fingerprint density at radius 2 is 2.00 bits per heavy atom. The van der Waals surface area contributed by atoms with E-state index in [2.05, 4.69) is 41.4 Å². The molecule has 0 aromatic heterocycles. The number of rotatable bonds is 5. The Morgan fingerprint density at radius 1 is 1.30 bits per heavy atom. The number of hydrogen-bond acceptors (Lipinski definition) is 3. The van der Waals surface area contributed by atoms with Gasteiger partial charge in [-0.05, 0) is 30.4 Å². The third kappa shape index (κ3) is 4.46. The maximum absolute atomic E-state index is 12.4. The molecule has 1 aromatic rings. The lowest BCUT2D eigenvalue weighted by atomic mass is 10.0. The summed E-state index contributed by atoms with van der Waals surface area (Å²) in [5.74, 6) is 0.263. The molecule has 2 aliphatic rings. The summed E-state index contributed by atoms with van der Waals surface area (Å²) in [4.78, 5) is 16.7. The molecule has 1 unspecified atom stereocenters. The van der Waals surface area contributed by atoms with E-state index in [1.807, 2.05) is 11.9 Å². The zero-order valence-electron chi connectivity index (χ0n) is 14.1. The van der Waals surface area contributed by atoms with Gasteiger partial charge in [0, 0.05) is 38.8 Å². The van der Waals surface area contributed by atoms with Crippen molar-refractivity contribution in [2.24, 2.45) is 0 Å². The van der Waals surface area contributed by atoms with Crippen molar-refractivity contribution >= 4 is 18.3 Å². The van der Waals surface area contributed by atoms with E-state index in [9.17, 15) is 4.79 Å². The van der Waals surface area contributed by atoms with Gasteiger partial charge in [-0.2, -0.15) is 0 Å². The van der Waals surface area contributed by atoms with Crippen molar-refractivity contribution in [3.05, 3.63) is 35.4 Å². The second-order valence-corrected chi connectivity index (χ2v) is 6.52. The van der Waals surface area contributed by atoms with Crippen LogP contribution in [0.1, 0.15) is 36.9 Å². The smallest absolute Gasteiger partial charge is 0.236 e. The molecule has 0 bridgehead atoms. The molecule has 1 atom stereocenters. The molecule has 1 amide bonds. The van der Waals surface area contributed by atoms with Crippen LogP contribution in [0.5, 0.6) is 0 Å². The standard InChI is InChI=1S/C18H27N3O.ClH/c1-3-14-4-6-15(7-5-14)17-12-19-10-11-21(17)13-18(22)20(2)16-8-9-16;/h4-7,16-17,19H,3,8-13H2,1-2H3;1H. The Bertz CT molecular complexity index is 516. The maximum atomic E-state index is 12.4. The Hall–Kier alpha value is -1.10. The molecule has 4 nitrogen and oxygen atoms in total. The summed E-state index contributed by atoms with van der Waals surface area (Å²) in [6.07, 6.45) is 3.41. The van der Waals surface area contributed by atoms with E-state index < -0.39 is 0 Å². The second-order valence-electron chi connectivity index (χ2n) is 6.52. The minimum absolute atomic E-state index is 0. The molecule has 1 N–H and O–H groups in total. The van der Waals surface area contributed by atoms with Crippen LogP contribution >= 0.6 is 12.4 Å². The van der Waals surface area contributed by atoms with E-state index in [1.165, 1.54) is 24.0 Å². The van der Waals surface area contributed by atoms with Gasteiger partial charge in [-0.15, -0.1) is 12.4 Å². The Morgan fingerprint density at radius 3 is 2.61 bits per heavy atom. The third-order valence-electron chi connectivity index (χ3n) is 4.95. The molecule has 1 aliphatic carbocycles. The summed E-state index contributed by atoms with van der Waals surface area (Å²) in [5, 5.41) is 3.46. The Balaban J connectivity index is 0.00000192. The highest BCUT2D eigenvalue weighted by Crippen LogP contribution is 2.27. The average Bonchev–Trinajstić information content (AvgIpc) is 3.39. The van der Waals surface area contributed by atoms with Gasteiger partial charge >= 0.3 is 0 Å². The lowest BCUT2D eigenvalue weighted by Crippen LogP contribution is -2.50. The topological polar surface area (TPSA) is 35.6 Å². The van der Waals surface area contributed by atoms with Crippen LogP contribution in [0, 0.1) is 0 Å². The molecule has 1 saturated carbocycles. The molecule has 0 radical (unpaired) electrons. The SMILES string of the molecule is CCc1ccc(C2CNCCN2CC(=O)N(C)C2CC2)cc1.Cl. The first-order valence-electron chi connectivity index (χ1n) is 8.48. The largest absolute Gasteiger partial charge is 0.342 e. The van der Waals surface area contributed by atoms with E-state index in [4.69, 9.17) is 0 Å². The van der Waals surface area contributed by atoms with Gasteiger partial charge in [0.05, 0.1) is 6.54 Å². The second kappa shape index (κ2) is 8.13. The van der Waals surface area contributed by atoms with Crippen LogP contribution in [-0.2, 0) is 11.2 Å². The number of piperazine rings is 1. The van der Waals surface area contributed by atoms with Crippen LogP contribution in [0.3, 0.4) is 0 Å². The molecule has 1 saturated heterocycles. The van der Waals surface area contributed by atoms with Crippen molar-refractivity contribution < 1.29 is 4.79 Å². The normalized spacial score (nSPS) is 21.6. The van der Waals surface area contributed by atoms with Crippen molar-refractivity contribution in [2.75, 3.05) is 33.2 Å². The minimum atomic E-state index is 0. The lowest BCUT2D eigenvalue weighted by molar-refractivity contribution is -0.132. The molecular weight excluding hydrogens is 310 g/mol. The molecule has 0 spiro atoms. The first-order valence-corrected chi connectivity index (χ1v) is 8.48. The Labute approximate surface area is 145 Å². The predicted molar refractivity (Wildman–Crippen MR) is 96.0 cm³/mol. The molecular formula is C18H28ClN3O. The highest BCUT2D eigenvalue weighted by molar-refractivity contribution is 5.85. The first-order chi connectivity index (χ1) is 10.7. The summed E-state index contributed by atoms with van der Waals surface area (Å²) in [6.45, 7) is 5.53. The maximum Gasteiger partial charge on any atom is 0.236 e. The van der Waals surface area contributed by atoms with E-state index in [0.717, 1.165) is 26.1 Å². The van der Waals surface area contributed by atoms with Crippen molar-refractivity contribution in [1.29, 1.82) is 0 Å². The molecule has 1 aliphatic heterocycles. The summed E-state index contributed by atoms with van der Waals surface area (Å²) in [7, 11) is 1.95. The zero-order valence-corrected chi connectivity index (χ0v) is 14.9. The molecule has 2 fully saturated rings. The summed E-state index contributed by atoms with van der Waals surface area (Å²) in [5.41, 5.74) is 2.68. The van der Waals surface area contributed by atoms with Crippen molar-refractivity contribution in [3.8, 4) is 0 Å². The molecule has 23 heavy (non-hydrogen) atoms. The number of amides is 1. The summed E-state index contributed by atoms with van der Waals surface area (Å²) < 4.78 is 0. The monoisotopic (exact) mass is 337 g/mol. The quantitative estimate of drug-likeness (QED) is 0.895. The van der Waals surface area contributed by atoms with Crippen molar-refractivity contribution in [1.82, 2.24) is 15.1 Å². The van der Waals surface area contributed by atoms with Crippen LogP contribution in [-0.4, -0.2) is 55.0 Å². The summed E-state index contributed by atoms with van der Waals surface area (Å²) >= 11 is 0. The fourth-order valence-electron chi connectivity index (χ4n) is 3.19. The van der Waals surface area contributed by atoms with Gasteiger partial charge in [-0.3, -0.25) is 9.69 Å². The Kier molecular flexibility index (Phi) is 6.45. The van der Waals surface area contributed by atoms with Crippen LogP contribution in [0.4, 0.5) is 0 Å². The van der Waals surface area contributed by atoms with Gasteiger partial charge in [0.2, 0.25) is 5.91 Å². The highest BCUT2D eigenvalue weighted by Gasteiger charge is 2.32. The number of nitrogens with one attached hydrogen (secondary N) is 1. The molecule has 1 aromatic carbocycles. The van der Waals surface area contributed by atoms with Gasteiger partial charge in [-0.1, -0.05) is 31.2 Å². The number of carbonyl (C=O) groups is 1. The van der Waals surface area contributed by atoms with Crippen LogP contribution in [0.2, 0.25) is 0 Å². The van der Waals surface area contributed by atoms with Gasteiger partial charge in [0.15, 0.2) is 0 Å². The van der Waals surface area contributed by atoms with Gasteiger partial charge in [0.1, 0.15) is 0 Å². The number of nitrogens with zero attached hydrogens (tertiary/aromatic N) is 2. The fourth-order valence-corrected chi connectivity index (χ4v) is 3.19. The molecule has 5 heteroatoms. The first kappa shape index (κ1) is 18.2. The van der Waals surface area contributed by atoms with Gasteiger partial charge in [-0.25, -0.2) is 0 Å². The van der Waals surface area contributed by atoms with E-state index in [0.29, 0.717) is 18.6 Å². The predicted octanol–water partition coefficient (Wildman–Crippen LogP) is 2.24. The van der Waals surface area contributed by atoms with Crippen LogP contribution in [0.25, 0.3) is 0 Å². The third-order valence-corrected chi connectivity index (χ3v) is 4.95. The van der Waals surface area contributed by atoms with E-state index in [1.54, 1.807) is 0 Å². The highest BCUT2D eigenvalue weighted by atomic mass is 35.5. The minimum Gasteiger partial charge on any atom is -0.342 e. The van der Waals surface area contributed by atoms with Gasteiger partial charge < -0.3 is 10.2 Å². The molecule has 3 rings (SSSR count). The number of aryl methyl sites for hydroxylation is 1. The average molecular weight is 338 g/mol. The lowest BCUT2D eigenvalue weighted by Gasteiger charge is -2.37. The summed E-state index contributed by atoms with van der Waals surface area (Å²) in [6, 6.07) is 9.66. The number of hydrogen-bond donors (Lipinski definition) is 1. The molecule has 128 valence electrons. The van der Waals surface area contributed by atoms with Crippen molar-refractivity contribution in [2.45, 2.75) is 38.3 Å². The number of halogens is 1.